The Morgan fingerprint density at radius 1 is 1.20 bits per heavy atom. The lowest BCUT2D eigenvalue weighted by molar-refractivity contribution is 0.0387. The first-order valence-electron chi connectivity index (χ1n) is 12.7. The maximum Gasteiger partial charge on any atom is 0.261 e. The quantitative estimate of drug-likeness (QED) is 0.368. The van der Waals surface area contributed by atoms with Gasteiger partial charge in [-0.15, -0.1) is 0 Å². The predicted octanol–water partition coefficient (Wildman–Crippen LogP) is 2.42. The fraction of sp³-hybridized carbons (Fsp3) is 0.385. The highest BCUT2D eigenvalue weighted by Gasteiger charge is 2.36. The minimum Gasteiger partial charge on any atom is -0.488 e. The van der Waals surface area contributed by atoms with Gasteiger partial charge in [0, 0.05) is 43.5 Å². The summed E-state index contributed by atoms with van der Waals surface area (Å²) in [6, 6.07) is 9.34. The highest BCUT2D eigenvalue weighted by atomic mass is 35.5. The van der Waals surface area contributed by atoms with Crippen molar-refractivity contribution in [2.45, 2.75) is 35.9 Å². The first-order valence-corrected chi connectivity index (χ1v) is 16.0. The van der Waals surface area contributed by atoms with Gasteiger partial charge in [0.1, 0.15) is 11.9 Å². The average molecular weight is 626 g/mol. The molecule has 0 spiro atoms. The van der Waals surface area contributed by atoms with Crippen molar-refractivity contribution in [2.75, 3.05) is 31.5 Å². The van der Waals surface area contributed by atoms with Crippen LogP contribution in [0.4, 0.5) is 5.69 Å². The zero-order chi connectivity index (χ0) is 30.1. The fourth-order valence-electron chi connectivity index (χ4n) is 4.37. The van der Waals surface area contributed by atoms with Gasteiger partial charge in [0.25, 0.3) is 26.0 Å². The number of benzene rings is 2. The van der Waals surface area contributed by atoms with Crippen LogP contribution in [-0.4, -0.2) is 85.5 Å². The molecule has 3 aromatic rings. The first-order chi connectivity index (χ1) is 19.2. The van der Waals surface area contributed by atoms with Gasteiger partial charge < -0.3 is 19.3 Å². The third-order valence-electron chi connectivity index (χ3n) is 6.83. The summed E-state index contributed by atoms with van der Waals surface area (Å²) in [5.41, 5.74) is 0.181. The van der Waals surface area contributed by atoms with Gasteiger partial charge in [-0.3, -0.25) is 9.52 Å². The number of anilines is 1. The number of halogens is 1. The van der Waals surface area contributed by atoms with Crippen LogP contribution >= 0.6 is 11.6 Å². The molecule has 1 aliphatic heterocycles. The second kappa shape index (κ2) is 12.0. The molecule has 41 heavy (non-hydrogen) atoms. The zero-order valence-corrected chi connectivity index (χ0v) is 25.3. The molecule has 1 aliphatic rings. The van der Waals surface area contributed by atoms with Gasteiger partial charge in [-0.25, -0.2) is 21.8 Å². The van der Waals surface area contributed by atoms with Crippen molar-refractivity contribution in [1.29, 1.82) is 0 Å². The zero-order valence-electron chi connectivity index (χ0n) is 22.9. The lowest BCUT2D eigenvalue weighted by atomic mass is 9.99. The van der Waals surface area contributed by atoms with E-state index in [1.165, 1.54) is 71.5 Å². The number of rotatable bonds is 9. The van der Waals surface area contributed by atoms with E-state index in [0.717, 1.165) is 4.31 Å². The van der Waals surface area contributed by atoms with E-state index < -0.39 is 38.1 Å². The number of imidazole rings is 1. The molecule has 12 nitrogen and oxygen atoms in total. The first kappa shape index (κ1) is 30.8. The Hall–Kier alpha value is -3.17. The molecule has 0 saturated heterocycles. The van der Waals surface area contributed by atoms with Crippen molar-refractivity contribution in [1.82, 2.24) is 18.8 Å². The van der Waals surface area contributed by atoms with E-state index in [4.69, 9.17) is 16.3 Å². The number of amides is 1. The molecule has 2 N–H and O–H groups in total. The molecule has 0 radical (unpaired) electrons. The number of sulfonamides is 2. The van der Waals surface area contributed by atoms with Crippen LogP contribution in [0, 0.1) is 5.92 Å². The van der Waals surface area contributed by atoms with E-state index in [0.29, 0.717) is 5.02 Å². The van der Waals surface area contributed by atoms with Crippen molar-refractivity contribution in [2.24, 2.45) is 13.0 Å². The predicted molar refractivity (Wildman–Crippen MR) is 153 cm³/mol. The number of nitrogens with zero attached hydrogens (tertiary/aromatic N) is 4. The largest absolute Gasteiger partial charge is 0.488 e. The van der Waals surface area contributed by atoms with E-state index in [9.17, 15) is 26.7 Å². The third kappa shape index (κ3) is 6.67. The maximum absolute atomic E-state index is 13.7. The molecule has 1 aromatic heterocycles. The standard InChI is InChI=1S/C26H32ClN5O7S2/c1-17-12-32(18(2)15-33)26(34)22-11-20(29-40(35,36)21-8-5-19(27)6-9-21)7-10-23(22)39-24(17)13-31(4)41(37,38)25-14-30(3)16-28-25/h5-11,14,16-18,24,29,33H,12-13,15H2,1-4H3/t17-,18-,24+/m1/s1. The number of nitrogens with one attached hydrogen (secondary N) is 1. The van der Waals surface area contributed by atoms with Crippen LogP contribution < -0.4 is 9.46 Å². The van der Waals surface area contributed by atoms with Crippen LogP contribution in [0.5, 0.6) is 5.75 Å². The summed E-state index contributed by atoms with van der Waals surface area (Å²) < 4.78 is 63.6. The molecular formula is C26H32ClN5O7S2. The summed E-state index contributed by atoms with van der Waals surface area (Å²) in [5, 5.41) is 10.2. The molecule has 222 valence electrons. The van der Waals surface area contributed by atoms with Crippen molar-refractivity contribution < 1.29 is 31.5 Å². The van der Waals surface area contributed by atoms with Crippen molar-refractivity contribution in [3.05, 3.63) is 65.6 Å². The van der Waals surface area contributed by atoms with E-state index in [1.54, 1.807) is 14.0 Å². The summed E-state index contributed by atoms with van der Waals surface area (Å²) in [5.74, 6) is -0.654. The van der Waals surface area contributed by atoms with Gasteiger partial charge in [0.05, 0.1) is 36.0 Å². The minimum atomic E-state index is -4.00. The van der Waals surface area contributed by atoms with Gasteiger partial charge >= 0.3 is 0 Å². The topological polar surface area (TPSA) is 151 Å². The number of aryl methyl sites for hydroxylation is 1. The van der Waals surface area contributed by atoms with E-state index in [-0.39, 0.29) is 52.5 Å². The van der Waals surface area contributed by atoms with Crippen molar-refractivity contribution >= 4 is 43.2 Å². The molecule has 0 fully saturated rings. The molecular weight excluding hydrogens is 594 g/mol. The summed E-state index contributed by atoms with van der Waals surface area (Å²) in [4.78, 5) is 19.1. The van der Waals surface area contributed by atoms with Crippen LogP contribution in [0.15, 0.2) is 64.9 Å². The smallest absolute Gasteiger partial charge is 0.261 e. The number of fused-ring (bicyclic) bond motifs is 1. The molecule has 0 saturated carbocycles. The molecule has 3 atom stereocenters. The minimum absolute atomic E-state index is 0.0159. The van der Waals surface area contributed by atoms with E-state index >= 15 is 0 Å². The van der Waals surface area contributed by atoms with Crippen LogP contribution in [0.1, 0.15) is 24.2 Å². The Morgan fingerprint density at radius 3 is 2.49 bits per heavy atom. The number of hydrogen-bond acceptors (Lipinski definition) is 8. The second-order valence-electron chi connectivity index (χ2n) is 10.1. The van der Waals surface area contributed by atoms with Crippen LogP contribution in [0.2, 0.25) is 5.02 Å². The monoisotopic (exact) mass is 625 g/mol. The molecule has 2 aromatic carbocycles. The number of aliphatic hydroxyl groups is 1. The summed E-state index contributed by atoms with van der Waals surface area (Å²) >= 11 is 5.88. The molecule has 1 amide bonds. The number of ether oxygens (including phenoxy) is 1. The lowest BCUT2D eigenvalue weighted by Gasteiger charge is -2.38. The Kier molecular flexibility index (Phi) is 8.99. The van der Waals surface area contributed by atoms with Gasteiger partial charge in [0.15, 0.2) is 5.03 Å². The Bertz CT molecular complexity index is 1630. The fourth-order valence-corrected chi connectivity index (χ4v) is 6.68. The Morgan fingerprint density at radius 2 is 1.88 bits per heavy atom. The molecule has 4 rings (SSSR count). The van der Waals surface area contributed by atoms with E-state index in [1.807, 2.05) is 6.92 Å². The maximum atomic E-state index is 13.7. The number of aliphatic hydroxyl groups excluding tert-OH is 1. The molecule has 15 heteroatoms. The normalized spacial score (nSPS) is 18.8. The van der Waals surface area contributed by atoms with Crippen LogP contribution in [0.25, 0.3) is 0 Å². The van der Waals surface area contributed by atoms with Gasteiger partial charge in [-0.05, 0) is 49.4 Å². The summed E-state index contributed by atoms with van der Waals surface area (Å²) in [6.45, 7) is 3.31. The number of likely N-dealkylation sites (N-methyl/N-ethyl adjacent to an activating group) is 1. The second-order valence-corrected chi connectivity index (χ2v) is 14.2. The van der Waals surface area contributed by atoms with E-state index in [2.05, 4.69) is 9.71 Å². The summed E-state index contributed by atoms with van der Waals surface area (Å²) in [6.07, 6.45) is 2.10. The molecule has 2 heterocycles. The lowest BCUT2D eigenvalue weighted by Crippen LogP contribution is -2.50. The Balaban J connectivity index is 1.68. The van der Waals surface area contributed by atoms with Crippen LogP contribution in [-0.2, 0) is 27.1 Å². The number of carbonyl (C=O) groups is 1. The molecule has 0 aliphatic carbocycles. The van der Waals surface area contributed by atoms with Gasteiger partial charge in [0.2, 0.25) is 0 Å². The molecule has 0 unspecified atom stereocenters. The number of hydrogen-bond donors (Lipinski definition) is 2. The van der Waals surface area contributed by atoms with Crippen molar-refractivity contribution in [3.63, 3.8) is 0 Å². The third-order valence-corrected chi connectivity index (χ3v) is 10.2. The summed E-state index contributed by atoms with van der Waals surface area (Å²) in [7, 11) is -4.83. The highest BCUT2D eigenvalue weighted by molar-refractivity contribution is 7.92. The number of carbonyl (C=O) groups excluding carboxylic acids is 1. The average Bonchev–Trinajstić information content (AvgIpc) is 3.37. The number of aromatic nitrogens is 2. The van der Waals surface area contributed by atoms with Crippen molar-refractivity contribution in [3.8, 4) is 5.75 Å². The van der Waals surface area contributed by atoms with Gasteiger partial charge in [-0.1, -0.05) is 18.5 Å². The SMILES string of the molecule is C[C@@H]1CN([C@H](C)CO)C(=O)c2cc(NS(=O)(=O)c3ccc(Cl)cc3)ccc2O[C@H]1CN(C)S(=O)(=O)c1cn(C)cn1. The molecule has 0 bridgehead atoms. The highest BCUT2D eigenvalue weighted by Crippen LogP contribution is 2.32. The van der Waals surface area contributed by atoms with Gasteiger partial charge in [-0.2, -0.15) is 4.31 Å². The Labute approximate surface area is 244 Å². The van der Waals surface area contributed by atoms with Crippen LogP contribution in [0.3, 0.4) is 0 Å².